The maximum Gasteiger partial charge on any atom is 0.317 e. The second-order valence-corrected chi connectivity index (χ2v) is 5.91. The molecule has 0 spiro atoms. The molecule has 1 aromatic carbocycles. The molecule has 0 aliphatic heterocycles. The molecule has 0 fully saturated rings. The van der Waals surface area contributed by atoms with Gasteiger partial charge in [0.05, 0.1) is 0 Å². The summed E-state index contributed by atoms with van der Waals surface area (Å²) in [5.41, 5.74) is 5.21. The number of nitrogens with one attached hydrogen (secondary N) is 2. The third-order valence-electron chi connectivity index (χ3n) is 4.08. The number of rotatable bonds is 1. The molecule has 2 amide bonds. The van der Waals surface area contributed by atoms with E-state index >= 15 is 0 Å². The molecule has 1 atom stereocenters. The highest BCUT2D eigenvalue weighted by Crippen LogP contribution is 2.29. The minimum Gasteiger partial charge on any atom is -0.358 e. The van der Waals surface area contributed by atoms with Crippen molar-refractivity contribution in [3.63, 3.8) is 0 Å². The number of carbonyl (C=O) groups excluding carboxylic acids is 1. The molecule has 1 aliphatic carbocycles. The number of amides is 2. The van der Waals surface area contributed by atoms with Crippen molar-refractivity contribution in [1.82, 2.24) is 15.2 Å². The molecule has 3 rings (SSSR count). The molecule has 4 nitrogen and oxygen atoms in total. The van der Waals surface area contributed by atoms with Gasteiger partial charge in [-0.25, -0.2) is 4.79 Å². The Morgan fingerprint density at radius 2 is 2.20 bits per heavy atom. The molecule has 0 saturated heterocycles. The standard InChI is InChI=1S/C16H21N3O/c1-10-4-7-14-13(8-10)12-6-5-11(9-15(12)18-14)17-16(20)19(2)3/h4,7-8,11,18H,5-6,9H2,1-3H3,(H,17,20). The van der Waals surface area contributed by atoms with Crippen LogP contribution in [-0.4, -0.2) is 36.1 Å². The Labute approximate surface area is 119 Å². The average molecular weight is 271 g/mol. The van der Waals surface area contributed by atoms with Crippen LogP contribution in [0.3, 0.4) is 0 Å². The number of aryl methyl sites for hydroxylation is 2. The van der Waals surface area contributed by atoms with Crippen molar-refractivity contribution >= 4 is 16.9 Å². The first-order chi connectivity index (χ1) is 9.54. The maximum atomic E-state index is 11.7. The Hall–Kier alpha value is -1.97. The highest BCUT2D eigenvalue weighted by molar-refractivity contribution is 5.85. The van der Waals surface area contributed by atoms with Crippen LogP contribution in [0.25, 0.3) is 10.9 Å². The van der Waals surface area contributed by atoms with Crippen LogP contribution in [0.1, 0.15) is 23.2 Å². The molecule has 4 heteroatoms. The largest absolute Gasteiger partial charge is 0.358 e. The van der Waals surface area contributed by atoms with E-state index in [2.05, 4.69) is 35.4 Å². The summed E-state index contributed by atoms with van der Waals surface area (Å²) < 4.78 is 0. The van der Waals surface area contributed by atoms with Crippen molar-refractivity contribution in [2.24, 2.45) is 0 Å². The fourth-order valence-electron chi connectivity index (χ4n) is 2.97. The van der Waals surface area contributed by atoms with Crippen LogP contribution in [0.15, 0.2) is 18.2 Å². The van der Waals surface area contributed by atoms with Crippen molar-refractivity contribution in [2.75, 3.05) is 14.1 Å². The molecule has 0 radical (unpaired) electrons. The minimum atomic E-state index is -0.00888. The fraction of sp³-hybridized carbons (Fsp3) is 0.438. The van der Waals surface area contributed by atoms with Crippen molar-refractivity contribution in [3.05, 3.63) is 35.0 Å². The Morgan fingerprint density at radius 3 is 2.95 bits per heavy atom. The first-order valence-corrected chi connectivity index (χ1v) is 7.12. The molecule has 2 N–H and O–H groups in total. The van der Waals surface area contributed by atoms with Gasteiger partial charge in [-0.05, 0) is 37.5 Å². The SMILES string of the molecule is Cc1ccc2[nH]c3c(c2c1)CCC(NC(=O)N(C)C)C3. The lowest BCUT2D eigenvalue weighted by Gasteiger charge is -2.25. The Balaban J connectivity index is 1.85. The van der Waals surface area contributed by atoms with Crippen molar-refractivity contribution in [1.29, 1.82) is 0 Å². The second kappa shape index (κ2) is 4.85. The van der Waals surface area contributed by atoms with Crippen molar-refractivity contribution in [3.8, 4) is 0 Å². The predicted molar refractivity (Wildman–Crippen MR) is 81.1 cm³/mol. The zero-order valence-corrected chi connectivity index (χ0v) is 12.3. The van der Waals surface area contributed by atoms with Gasteiger partial charge in [-0.15, -0.1) is 0 Å². The van der Waals surface area contributed by atoms with E-state index in [4.69, 9.17) is 0 Å². The van der Waals surface area contributed by atoms with Gasteiger partial charge in [0.15, 0.2) is 0 Å². The van der Waals surface area contributed by atoms with Crippen LogP contribution in [0.4, 0.5) is 4.79 Å². The van der Waals surface area contributed by atoms with Gasteiger partial charge >= 0.3 is 6.03 Å². The number of aromatic nitrogens is 1. The summed E-state index contributed by atoms with van der Waals surface area (Å²) in [5, 5.41) is 4.43. The summed E-state index contributed by atoms with van der Waals surface area (Å²) in [6.45, 7) is 2.13. The number of aromatic amines is 1. The summed E-state index contributed by atoms with van der Waals surface area (Å²) in [4.78, 5) is 16.8. The molecular formula is C16H21N3O. The molecule has 106 valence electrons. The minimum absolute atomic E-state index is 0.00888. The Morgan fingerprint density at radius 1 is 1.40 bits per heavy atom. The fourth-order valence-corrected chi connectivity index (χ4v) is 2.97. The van der Waals surface area contributed by atoms with E-state index < -0.39 is 0 Å². The third kappa shape index (κ3) is 2.26. The van der Waals surface area contributed by atoms with Gasteiger partial charge in [-0.3, -0.25) is 0 Å². The quantitative estimate of drug-likeness (QED) is 0.823. The number of carbonyl (C=O) groups is 1. The predicted octanol–water partition coefficient (Wildman–Crippen LogP) is 2.60. The molecule has 1 aliphatic rings. The highest BCUT2D eigenvalue weighted by Gasteiger charge is 2.23. The van der Waals surface area contributed by atoms with E-state index in [1.54, 1.807) is 19.0 Å². The first kappa shape index (κ1) is 13.0. The molecule has 20 heavy (non-hydrogen) atoms. The highest BCUT2D eigenvalue weighted by atomic mass is 16.2. The lowest BCUT2D eigenvalue weighted by Crippen LogP contribution is -2.43. The zero-order valence-electron chi connectivity index (χ0n) is 12.3. The van der Waals surface area contributed by atoms with E-state index in [1.807, 2.05) is 0 Å². The average Bonchev–Trinajstić information content (AvgIpc) is 2.75. The zero-order chi connectivity index (χ0) is 14.3. The number of H-pyrrole nitrogens is 1. The van der Waals surface area contributed by atoms with E-state index in [9.17, 15) is 4.79 Å². The smallest absolute Gasteiger partial charge is 0.317 e. The van der Waals surface area contributed by atoms with Gasteiger partial charge in [0.2, 0.25) is 0 Å². The maximum absolute atomic E-state index is 11.7. The summed E-state index contributed by atoms with van der Waals surface area (Å²) in [5.74, 6) is 0. The molecule has 1 heterocycles. The summed E-state index contributed by atoms with van der Waals surface area (Å²) >= 11 is 0. The van der Waals surface area contributed by atoms with Gasteiger partial charge in [0.1, 0.15) is 0 Å². The first-order valence-electron chi connectivity index (χ1n) is 7.12. The number of hydrogen-bond acceptors (Lipinski definition) is 1. The van der Waals surface area contributed by atoms with Gasteiger partial charge in [0, 0.05) is 43.2 Å². The number of fused-ring (bicyclic) bond motifs is 3. The lowest BCUT2D eigenvalue weighted by atomic mass is 9.91. The molecule has 0 bridgehead atoms. The van der Waals surface area contributed by atoms with E-state index in [-0.39, 0.29) is 12.1 Å². The van der Waals surface area contributed by atoms with Gasteiger partial charge in [0.25, 0.3) is 0 Å². The lowest BCUT2D eigenvalue weighted by molar-refractivity contribution is 0.211. The van der Waals surface area contributed by atoms with E-state index in [0.29, 0.717) is 0 Å². The molecule has 0 saturated carbocycles. The van der Waals surface area contributed by atoms with Crippen LogP contribution in [0.2, 0.25) is 0 Å². The number of hydrogen-bond donors (Lipinski definition) is 2. The van der Waals surface area contributed by atoms with Crippen LogP contribution in [-0.2, 0) is 12.8 Å². The number of urea groups is 1. The molecule has 1 aromatic heterocycles. The van der Waals surface area contributed by atoms with Crippen molar-refractivity contribution in [2.45, 2.75) is 32.2 Å². The third-order valence-corrected chi connectivity index (χ3v) is 4.08. The van der Waals surface area contributed by atoms with Crippen LogP contribution in [0.5, 0.6) is 0 Å². The van der Waals surface area contributed by atoms with Gasteiger partial charge in [-0.1, -0.05) is 11.6 Å². The molecular weight excluding hydrogens is 250 g/mol. The summed E-state index contributed by atoms with van der Waals surface area (Å²) in [7, 11) is 3.55. The monoisotopic (exact) mass is 271 g/mol. The Bertz CT molecular complexity index is 657. The summed E-state index contributed by atoms with van der Waals surface area (Å²) in [6.07, 6.45) is 2.92. The number of benzene rings is 1. The molecule has 2 aromatic rings. The van der Waals surface area contributed by atoms with Crippen LogP contribution >= 0.6 is 0 Å². The topological polar surface area (TPSA) is 48.1 Å². The van der Waals surface area contributed by atoms with Crippen molar-refractivity contribution < 1.29 is 4.79 Å². The summed E-state index contributed by atoms with van der Waals surface area (Å²) in [6, 6.07) is 6.76. The normalized spacial score (nSPS) is 17.9. The molecule has 1 unspecified atom stereocenters. The Kier molecular flexibility index (Phi) is 3.16. The van der Waals surface area contributed by atoms with Crippen LogP contribution < -0.4 is 5.32 Å². The van der Waals surface area contributed by atoms with E-state index in [1.165, 1.54) is 27.7 Å². The second-order valence-electron chi connectivity index (χ2n) is 5.91. The van der Waals surface area contributed by atoms with E-state index in [0.717, 1.165) is 19.3 Å². The van der Waals surface area contributed by atoms with Gasteiger partial charge in [-0.2, -0.15) is 0 Å². The number of nitrogens with zero attached hydrogens (tertiary/aromatic N) is 1. The van der Waals surface area contributed by atoms with Crippen LogP contribution in [0, 0.1) is 6.92 Å². The van der Waals surface area contributed by atoms with Gasteiger partial charge < -0.3 is 15.2 Å².